The van der Waals surface area contributed by atoms with Gasteiger partial charge in [-0.2, -0.15) is 0 Å². The van der Waals surface area contributed by atoms with Crippen LogP contribution in [0.4, 0.5) is 4.39 Å². The Hall–Kier alpha value is -1.42. The zero-order valence-electron chi connectivity index (χ0n) is 9.95. The molecular weight excluding hydrogens is 221 g/mol. The van der Waals surface area contributed by atoms with Crippen LogP contribution in [0.15, 0.2) is 24.3 Å². The van der Waals surface area contributed by atoms with Gasteiger partial charge in [-0.1, -0.05) is 19.1 Å². The fourth-order valence-electron chi connectivity index (χ4n) is 1.71. The Morgan fingerprint density at radius 3 is 2.59 bits per heavy atom. The largest absolute Gasteiger partial charge is 0.481 e. The second-order valence-corrected chi connectivity index (χ2v) is 3.96. The molecule has 2 N–H and O–H groups in total. The summed E-state index contributed by atoms with van der Waals surface area (Å²) in [7, 11) is 0. The number of halogens is 1. The normalized spacial score (nSPS) is 12.4. The monoisotopic (exact) mass is 239 g/mol. The Balaban J connectivity index is 2.43. The molecule has 1 unspecified atom stereocenters. The van der Waals surface area contributed by atoms with Crippen molar-refractivity contribution in [2.24, 2.45) is 0 Å². The molecule has 0 aromatic heterocycles. The summed E-state index contributed by atoms with van der Waals surface area (Å²) in [6, 6.07) is 6.55. The zero-order valence-corrected chi connectivity index (χ0v) is 9.95. The molecule has 17 heavy (non-hydrogen) atoms. The first-order chi connectivity index (χ1) is 8.13. The second kappa shape index (κ2) is 7.01. The topological polar surface area (TPSA) is 49.3 Å². The first-order valence-electron chi connectivity index (χ1n) is 5.84. The van der Waals surface area contributed by atoms with Gasteiger partial charge in [0.15, 0.2) is 0 Å². The molecule has 4 heteroatoms. The molecule has 1 atom stereocenters. The molecule has 3 nitrogen and oxygen atoms in total. The van der Waals surface area contributed by atoms with Crippen molar-refractivity contribution in [1.29, 1.82) is 0 Å². The Bertz CT molecular complexity index is 351. The minimum absolute atomic E-state index is 0.157. The number of hydrogen-bond donors (Lipinski definition) is 2. The molecule has 0 heterocycles. The molecule has 0 aliphatic carbocycles. The quantitative estimate of drug-likeness (QED) is 0.719. The van der Waals surface area contributed by atoms with Gasteiger partial charge in [-0.05, 0) is 37.1 Å². The molecular formula is C13H18FNO2. The van der Waals surface area contributed by atoms with E-state index >= 15 is 0 Å². The average molecular weight is 239 g/mol. The molecule has 0 saturated carbocycles. The van der Waals surface area contributed by atoms with Gasteiger partial charge in [-0.15, -0.1) is 0 Å². The summed E-state index contributed by atoms with van der Waals surface area (Å²) in [4.78, 5) is 10.4. The Morgan fingerprint density at radius 1 is 1.41 bits per heavy atom. The van der Waals surface area contributed by atoms with E-state index < -0.39 is 5.97 Å². The van der Waals surface area contributed by atoms with Crippen LogP contribution in [0, 0.1) is 5.82 Å². The summed E-state index contributed by atoms with van der Waals surface area (Å²) < 4.78 is 12.8. The number of carboxylic acid groups (broad SMARTS) is 1. The van der Waals surface area contributed by atoms with E-state index in [-0.39, 0.29) is 18.3 Å². The minimum atomic E-state index is -0.776. The van der Waals surface area contributed by atoms with Crippen molar-refractivity contribution < 1.29 is 14.3 Å². The number of benzene rings is 1. The number of carbonyl (C=O) groups is 1. The second-order valence-electron chi connectivity index (χ2n) is 3.96. The fourth-order valence-corrected chi connectivity index (χ4v) is 1.71. The predicted octanol–water partition coefficient (Wildman–Crippen LogP) is 2.73. The summed E-state index contributed by atoms with van der Waals surface area (Å²) >= 11 is 0. The van der Waals surface area contributed by atoms with Gasteiger partial charge in [0.05, 0.1) is 0 Å². The molecule has 0 amide bonds. The third-order valence-corrected chi connectivity index (χ3v) is 2.64. The van der Waals surface area contributed by atoms with Gasteiger partial charge in [0.2, 0.25) is 0 Å². The first kappa shape index (κ1) is 13.6. The van der Waals surface area contributed by atoms with Gasteiger partial charge in [-0.3, -0.25) is 4.79 Å². The summed E-state index contributed by atoms with van der Waals surface area (Å²) in [6.07, 6.45) is 1.67. The van der Waals surface area contributed by atoms with Crippen LogP contribution in [0.5, 0.6) is 0 Å². The van der Waals surface area contributed by atoms with Crippen molar-refractivity contribution in [3.63, 3.8) is 0 Å². The van der Waals surface area contributed by atoms with Crippen molar-refractivity contribution in [3.8, 4) is 0 Å². The summed E-state index contributed by atoms with van der Waals surface area (Å²) in [6.45, 7) is 2.69. The first-order valence-corrected chi connectivity index (χ1v) is 5.84. The Morgan fingerprint density at radius 2 is 2.06 bits per heavy atom. The standard InChI is InChI=1S/C13H18FNO2/c1-2-12(15-9-3-4-13(16)17)10-5-7-11(14)8-6-10/h5-8,12,15H,2-4,9H2,1H3,(H,16,17). The van der Waals surface area contributed by atoms with E-state index in [4.69, 9.17) is 5.11 Å². The molecule has 1 rings (SSSR count). The molecule has 0 fully saturated rings. The number of hydrogen-bond acceptors (Lipinski definition) is 2. The van der Waals surface area contributed by atoms with Crippen LogP contribution < -0.4 is 5.32 Å². The number of carboxylic acids is 1. The average Bonchev–Trinajstić information content (AvgIpc) is 2.30. The lowest BCUT2D eigenvalue weighted by atomic mass is 10.0. The molecule has 1 aromatic carbocycles. The number of rotatable bonds is 7. The highest BCUT2D eigenvalue weighted by Gasteiger charge is 2.08. The van der Waals surface area contributed by atoms with Crippen LogP contribution >= 0.6 is 0 Å². The van der Waals surface area contributed by atoms with Crippen LogP contribution in [0.1, 0.15) is 37.8 Å². The molecule has 0 radical (unpaired) electrons. The molecule has 0 saturated heterocycles. The van der Waals surface area contributed by atoms with Crippen molar-refractivity contribution in [2.45, 2.75) is 32.2 Å². The Labute approximate surface area is 101 Å². The van der Waals surface area contributed by atoms with Crippen LogP contribution in [-0.4, -0.2) is 17.6 Å². The summed E-state index contributed by atoms with van der Waals surface area (Å²) in [5.74, 6) is -1.02. The highest BCUT2D eigenvalue weighted by Crippen LogP contribution is 2.16. The van der Waals surface area contributed by atoms with Crippen molar-refractivity contribution >= 4 is 5.97 Å². The lowest BCUT2D eigenvalue weighted by molar-refractivity contribution is -0.137. The number of nitrogens with one attached hydrogen (secondary N) is 1. The van der Waals surface area contributed by atoms with E-state index in [9.17, 15) is 9.18 Å². The maximum atomic E-state index is 12.8. The van der Waals surface area contributed by atoms with E-state index in [1.807, 2.05) is 6.92 Å². The molecule has 94 valence electrons. The van der Waals surface area contributed by atoms with Gasteiger partial charge in [0.25, 0.3) is 0 Å². The SMILES string of the molecule is CCC(NCCCC(=O)O)c1ccc(F)cc1. The third-order valence-electron chi connectivity index (χ3n) is 2.64. The zero-order chi connectivity index (χ0) is 12.7. The molecule has 0 spiro atoms. The molecule has 1 aromatic rings. The van der Waals surface area contributed by atoms with Gasteiger partial charge in [0, 0.05) is 12.5 Å². The van der Waals surface area contributed by atoms with Crippen LogP contribution in [0.2, 0.25) is 0 Å². The molecule has 0 bridgehead atoms. The summed E-state index contributed by atoms with van der Waals surface area (Å²) in [5, 5.41) is 11.8. The van der Waals surface area contributed by atoms with Crippen molar-refractivity contribution in [1.82, 2.24) is 5.32 Å². The summed E-state index contributed by atoms with van der Waals surface area (Å²) in [5.41, 5.74) is 1.03. The van der Waals surface area contributed by atoms with E-state index in [1.165, 1.54) is 12.1 Å². The van der Waals surface area contributed by atoms with Crippen molar-refractivity contribution in [2.75, 3.05) is 6.54 Å². The van der Waals surface area contributed by atoms with Gasteiger partial charge >= 0.3 is 5.97 Å². The maximum absolute atomic E-state index is 12.8. The number of aliphatic carboxylic acids is 1. The van der Waals surface area contributed by atoms with Crippen LogP contribution in [-0.2, 0) is 4.79 Å². The minimum Gasteiger partial charge on any atom is -0.481 e. The Kier molecular flexibility index (Phi) is 5.63. The lowest BCUT2D eigenvalue weighted by Gasteiger charge is -2.17. The molecule has 0 aliphatic rings. The van der Waals surface area contributed by atoms with E-state index in [2.05, 4.69) is 5.32 Å². The smallest absolute Gasteiger partial charge is 0.303 e. The lowest BCUT2D eigenvalue weighted by Crippen LogP contribution is -2.22. The van der Waals surface area contributed by atoms with E-state index in [0.717, 1.165) is 12.0 Å². The van der Waals surface area contributed by atoms with Crippen molar-refractivity contribution in [3.05, 3.63) is 35.6 Å². The fraction of sp³-hybridized carbons (Fsp3) is 0.462. The maximum Gasteiger partial charge on any atom is 0.303 e. The van der Waals surface area contributed by atoms with Crippen LogP contribution in [0.3, 0.4) is 0 Å². The molecule has 0 aliphatic heterocycles. The van der Waals surface area contributed by atoms with Crippen LogP contribution in [0.25, 0.3) is 0 Å². The highest BCUT2D eigenvalue weighted by atomic mass is 19.1. The van der Waals surface area contributed by atoms with Gasteiger partial charge in [0.1, 0.15) is 5.82 Å². The third kappa shape index (κ3) is 4.95. The predicted molar refractivity (Wildman–Crippen MR) is 64.3 cm³/mol. The van der Waals surface area contributed by atoms with Gasteiger partial charge in [-0.25, -0.2) is 4.39 Å². The van der Waals surface area contributed by atoms with E-state index in [0.29, 0.717) is 13.0 Å². The highest BCUT2D eigenvalue weighted by molar-refractivity contribution is 5.66. The van der Waals surface area contributed by atoms with E-state index in [1.54, 1.807) is 12.1 Å². The van der Waals surface area contributed by atoms with Gasteiger partial charge < -0.3 is 10.4 Å².